The van der Waals surface area contributed by atoms with Gasteiger partial charge in [-0.3, -0.25) is 0 Å². The van der Waals surface area contributed by atoms with Gasteiger partial charge in [0.2, 0.25) is 0 Å². The molecule has 6 heteroatoms. The van der Waals surface area contributed by atoms with E-state index in [0.717, 1.165) is 5.56 Å². The van der Waals surface area contributed by atoms with Crippen LogP contribution >= 0.6 is 0 Å². The molecular weight excluding hydrogens is 285 g/mol. The van der Waals surface area contributed by atoms with Gasteiger partial charge in [0.25, 0.3) is 0 Å². The van der Waals surface area contributed by atoms with Crippen molar-refractivity contribution >= 4 is 6.03 Å². The number of halogens is 1. The highest BCUT2D eigenvalue weighted by Gasteiger charge is 2.13. The van der Waals surface area contributed by atoms with E-state index in [1.54, 1.807) is 12.1 Å². The van der Waals surface area contributed by atoms with Gasteiger partial charge in [-0.2, -0.15) is 0 Å². The Hall–Kier alpha value is -1.66. The molecule has 2 atom stereocenters. The van der Waals surface area contributed by atoms with Crippen molar-refractivity contribution in [3.8, 4) is 0 Å². The van der Waals surface area contributed by atoms with Crippen LogP contribution in [0.25, 0.3) is 0 Å². The van der Waals surface area contributed by atoms with E-state index in [1.165, 1.54) is 12.1 Å². The number of nitrogens with zero attached hydrogens (tertiary/aromatic N) is 1. The first-order valence-electron chi connectivity index (χ1n) is 7.50. The molecule has 0 spiro atoms. The van der Waals surface area contributed by atoms with Crippen LogP contribution in [-0.4, -0.2) is 48.8 Å². The van der Waals surface area contributed by atoms with Gasteiger partial charge in [0.1, 0.15) is 5.82 Å². The number of hydrogen-bond acceptors (Lipinski definition) is 3. The van der Waals surface area contributed by atoms with E-state index in [0.29, 0.717) is 19.6 Å². The third-order valence-electron chi connectivity index (χ3n) is 3.65. The van der Waals surface area contributed by atoms with E-state index in [-0.39, 0.29) is 30.4 Å². The minimum absolute atomic E-state index is 0.0203. The molecule has 5 nitrogen and oxygen atoms in total. The summed E-state index contributed by atoms with van der Waals surface area (Å²) in [6.07, 6.45) is 0. The Kier molecular flexibility index (Phi) is 7.84. The zero-order chi connectivity index (χ0) is 16.5. The zero-order valence-electron chi connectivity index (χ0n) is 13.5. The van der Waals surface area contributed by atoms with Gasteiger partial charge in [-0.1, -0.05) is 19.1 Å². The molecule has 1 rings (SSSR count). The Morgan fingerprint density at radius 3 is 2.55 bits per heavy atom. The van der Waals surface area contributed by atoms with Crippen molar-refractivity contribution in [3.63, 3.8) is 0 Å². The maximum Gasteiger partial charge on any atom is 0.315 e. The summed E-state index contributed by atoms with van der Waals surface area (Å²) in [5.74, 6) is -0.220. The predicted molar refractivity (Wildman–Crippen MR) is 85.0 cm³/mol. The molecule has 3 N–H and O–H groups in total. The molecule has 2 amide bonds. The van der Waals surface area contributed by atoms with Crippen LogP contribution in [0.1, 0.15) is 19.4 Å². The maximum absolute atomic E-state index is 12.8. The number of amides is 2. The number of rotatable bonds is 8. The van der Waals surface area contributed by atoms with Gasteiger partial charge in [-0.25, -0.2) is 9.18 Å². The molecule has 0 saturated heterocycles. The topological polar surface area (TPSA) is 64.6 Å². The van der Waals surface area contributed by atoms with Crippen molar-refractivity contribution in [2.45, 2.75) is 26.4 Å². The lowest BCUT2D eigenvalue weighted by atomic mass is 10.1. The number of urea groups is 1. The first kappa shape index (κ1) is 18.4. The fourth-order valence-electron chi connectivity index (χ4n) is 1.90. The van der Waals surface area contributed by atoms with Crippen molar-refractivity contribution in [3.05, 3.63) is 35.6 Å². The highest BCUT2D eigenvalue weighted by Crippen LogP contribution is 2.05. The van der Waals surface area contributed by atoms with E-state index in [9.17, 15) is 9.18 Å². The van der Waals surface area contributed by atoms with Crippen LogP contribution < -0.4 is 10.6 Å². The van der Waals surface area contributed by atoms with E-state index in [1.807, 2.05) is 25.8 Å². The molecule has 0 aliphatic carbocycles. The number of aliphatic hydroxyl groups is 1. The number of nitrogens with one attached hydrogen (secondary N) is 2. The second kappa shape index (κ2) is 9.38. The Morgan fingerprint density at radius 1 is 1.32 bits per heavy atom. The van der Waals surface area contributed by atoms with Gasteiger partial charge < -0.3 is 20.6 Å². The van der Waals surface area contributed by atoms with Crippen LogP contribution in [0.3, 0.4) is 0 Å². The van der Waals surface area contributed by atoms with Crippen LogP contribution in [0.2, 0.25) is 0 Å². The predicted octanol–water partition coefficient (Wildman–Crippen LogP) is 1.57. The van der Waals surface area contributed by atoms with Crippen molar-refractivity contribution in [2.24, 2.45) is 5.92 Å². The van der Waals surface area contributed by atoms with E-state index in [2.05, 4.69) is 10.6 Å². The number of carbonyl (C=O) groups is 1. The van der Waals surface area contributed by atoms with E-state index in [4.69, 9.17) is 5.11 Å². The summed E-state index contributed by atoms with van der Waals surface area (Å²) < 4.78 is 12.8. The molecule has 1 aromatic carbocycles. The molecule has 0 bridgehead atoms. The molecule has 0 aliphatic rings. The summed E-state index contributed by atoms with van der Waals surface area (Å²) in [6, 6.07) is 6.08. The average molecular weight is 311 g/mol. The fraction of sp³-hybridized carbons (Fsp3) is 0.562. The van der Waals surface area contributed by atoms with Crippen LogP contribution in [0.15, 0.2) is 24.3 Å². The third kappa shape index (κ3) is 6.87. The van der Waals surface area contributed by atoms with Crippen LogP contribution in [0, 0.1) is 11.7 Å². The first-order valence-corrected chi connectivity index (χ1v) is 7.50. The molecule has 0 fully saturated rings. The maximum atomic E-state index is 12.8. The summed E-state index contributed by atoms with van der Waals surface area (Å²) in [5, 5.41) is 14.6. The summed E-state index contributed by atoms with van der Waals surface area (Å²) in [4.78, 5) is 13.7. The number of carbonyl (C=O) groups excluding carboxylic acids is 1. The number of benzene rings is 1. The van der Waals surface area contributed by atoms with Crippen molar-refractivity contribution in [2.75, 3.05) is 26.7 Å². The minimum Gasteiger partial charge on any atom is -0.396 e. The van der Waals surface area contributed by atoms with Crippen LogP contribution in [0.4, 0.5) is 9.18 Å². The lowest BCUT2D eigenvalue weighted by molar-refractivity contribution is 0.199. The average Bonchev–Trinajstić information content (AvgIpc) is 2.48. The number of likely N-dealkylation sites (N-methyl/N-ethyl adjacent to an activating group) is 1. The van der Waals surface area contributed by atoms with E-state index >= 15 is 0 Å². The molecular formula is C16H26FN3O2. The summed E-state index contributed by atoms with van der Waals surface area (Å²) >= 11 is 0. The van der Waals surface area contributed by atoms with Crippen molar-refractivity contribution < 1.29 is 14.3 Å². The highest BCUT2D eigenvalue weighted by molar-refractivity contribution is 5.74. The van der Waals surface area contributed by atoms with Crippen molar-refractivity contribution in [1.29, 1.82) is 0 Å². The molecule has 1 aromatic rings. The Balaban J connectivity index is 2.22. The molecule has 0 aromatic heterocycles. The third-order valence-corrected chi connectivity index (χ3v) is 3.65. The Labute approximate surface area is 131 Å². The van der Waals surface area contributed by atoms with Gasteiger partial charge in [0.05, 0.1) is 0 Å². The van der Waals surface area contributed by atoms with Gasteiger partial charge in [0.15, 0.2) is 0 Å². The lowest BCUT2D eigenvalue weighted by Crippen LogP contribution is -2.45. The Morgan fingerprint density at radius 2 is 1.95 bits per heavy atom. The molecule has 0 aliphatic heterocycles. The highest BCUT2D eigenvalue weighted by atomic mass is 19.1. The molecule has 2 unspecified atom stereocenters. The largest absolute Gasteiger partial charge is 0.396 e. The SMILES string of the molecule is CC(CO)C(C)NC(=O)NCCN(C)Cc1ccc(F)cc1. The number of hydrogen-bond donors (Lipinski definition) is 3. The van der Waals surface area contributed by atoms with Crippen LogP contribution in [-0.2, 0) is 6.54 Å². The molecule has 0 heterocycles. The zero-order valence-corrected chi connectivity index (χ0v) is 13.5. The lowest BCUT2D eigenvalue weighted by Gasteiger charge is -2.21. The minimum atomic E-state index is -0.240. The van der Waals surface area contributed by atoms with Crippen LogP contribution in [0.5, 0.6) is 0 Å². The van der Waals surface area contributed by atoms with E-state index < -0.39 is 0 Å². The van der Waals surface area contributed by atoms with Gasteiger partial charge in [-0.15, -0.1) is 0 Å². The quantitative estimate of drug-likeness (QED) is 0.683. The Bertz CT molecular complexity index is 453. The number of aliphatic hydroxyl groups excluding tert-OH is 1. The van der Waals surface area contributed by atoms with Gasteiger partial charge >= 0.3 is 6.03 Å². The summed E-state index contributed by atoms with van der Waals surface area (Å²) in [6.45, 7) is 5.68. The smallest absolute Gasteiger partial charge is 0.315 e. The second-order valence-corrected chi connectivity index (χ2v) is 5.71. The fourth-order valence-corrected chi connectivity index (χ4v) is 1.90. The van der Waals surface area contributed by atoms with Gasteiger partial charge in [0, 0.05) is 32.3 Å². The molecule has 0 saturated carbocycles. The molecule has 124 valence electrons. The molecule has 0 radical (unpaired) electrons. The standard InChI is InChI=1S/C16H26FN3O2/c1-12(11-21)13(2)19-16(22)18-8-9-20(3)10-14-4-6-15(17)7-5-14/h4-7,12-13,21H,8-11H2,1-3H3,(H2,18,19,22). The molecule has 22 heavy (non-hydrogen) atoms. The van der Waals surface area contributed by atoms with Crippen molar-refractivity contribution in [1.82, 2.24) is 15.5 Å². The monoisotopic (exact) mass is 311 g/mol. The first-order chi connectivity index (χ1) is 10.4. The summed E-state index contributed by atoms with van der Waals surface area (Å²) in [7, 11) is 1.94. The normalized spacial score (nSPS) is 13.7. The summed E-state index contributed by atoms with van der Waals surface area (Å²) in [5.41, 5.74) is 1.03. The van der Waals surface area contributed by atoms with Gasteiger partial charge in [-0.05, 0) is 37.6 Å². The second-order valence-electron chi connectivity index (χ2n) is 5.71.